The molecule has 1 aliphatic heterocycles. The summed E-state index contributed by atoms with van der Waals surface area (Å²) in [5.41, 5.74) is 1.15. The average Bonchev–Trinajstić information content (AvgIpc) is 2.89. The Hall–Kier alpha value is -1.30. The van der Waals surface area contributed by atoms with Gasteiger partial charge in [0.2, 0.25) is 0 Å². The minimum absolute atomic E-state index is 0.558. The first-order valence-corrected chi connectivity index (χ1v) is 9.83. The molecule has 24 heavy (non-hydrogen) atoms. The van der Waals surface area contributed by atoms with E-state index in [1.807, 2.05) is 23.6 Å². The molecular formula is C19H28N4S. The monoisotopic (exact) mass is 344 g/mol. The van der Waals surface area contributed by atoms with E-state index in [9.17, 15) is 0 Å². The molecule has 1 fully saturated rings. The summed E-state index contributed by atoms with van der Waals surface area (Å²) in [6.45, 7) is 8.56. The Labute approximate surface area is 149 Å². The third kappa shape index (κ3) is 4.85. The summed E-state index contributed by atoms with van der Waals surface area (Å²) < 4.78 is 0. The molecule has 3 heterocycles. The van der Waals surface area contributed by atoms with Crippen molar-refractivity contribution < 1.29 is 0 Å². The minimum atomic E-state index is 0.558. The van der Waals surface area contributed by atoms with Crippen molar-refractivity contribution in [1.29, 1.82) is 0 Å². The Morgan fingerprint density at radius 2 is 2.12 bits per heavy atom. The van der Waals surface area contributed by atoms with E-state index in [1.165, 1.54) is 29.1 Å². The first-order valence-electron chi connectivity index (χ1n) is 9.01. The van der Waals surface area contributed by atoms with Gasteiger partial charge in [-0.05, 0) is 50.4 Å². The van der Waals surface area contributed by atoms with E-state index < -0.39 is 0 Å². The van der Waals surface area contributed by atoms with Crippen LogP contribution in [0.15, 0.2) is 30.6 Å². The SMILES string of the molecule is CC(C)c1cnc(CN(Cc2ccccn2)C2CCCNCC2)s1. The van der Waals surface area contributed by atoms with Gasteiger partial charge in [0.1, 0.15) is 5.01 Å². The van der Waals surface area contributed by atoms with Gasteiger partial charge >= 0.3 is 0 Å². The highest BCUT2D eigenvalue weighted by Crippen LogP contribution is 2.25. The van der Waals surface area contributed by atoms with E-state index >= 15 is 0 Å². The van der Waals surface area contributed by atoms with Gasteiger partial charge in [0.15, 0.2) is 0 Å². The molecule has 0 aliphatic carbocycles. The number of hydrogen-bond donors (Lipinski definition) is 1. The first kappa shape index (κ1) is 17.5. The normalized spacial score (nSPS) is 18.9. The molecule has 2 aromatic rings. The summed E-state index contributed by atoms with van der Waals surface area (Å²) in [6, 6.07) is 6.80. The number of thiazole rings is 1. The molecule has 3 rings (SSSR count). The average molecular weight is 345 g/mol. The molecular weight excluding hydrogens is 316 g/mol. The van der Waals surface area contributed by atoms with Crippen LogP contribution in [0.5, 0.6) is 0 Å². The van der Waals surface area contributed by atoms with E-state index in [0.717, 1.165) is 31.9 Å². The number of aromatic nitrogens is 2. The largest absolute Gasteiger partial charge is 0.317 e. The zero-order chi connectivity index (χ0) is 16.8. The first-order chi connectivity index (χ1) is 11.7. The molecule has 1 aliphatic rings. The fraction of sp³-hybridized carbons (Fsp3) is 0.579. The summed E-state index contributed by atoms with van der Waals surface area (Å²) in [6.07, 6.45) is 7.65. The predicted molar refractivity (Wildman–Crippen MR) is 100 cm³/mol. The van der Waals surface area contributed by atoms with E-state index in [-0.39, 0.29) is 0 Å². The lowest BCUT2D eigenvalue weighted by Crippen LogP contribution is -2.35. The van der Waals surface area contributed by atoms with Gasteiger partial charge in [-0.1, -0.05) is 19.9 Å². The lowest BCUT2D eigenvalue weighted by Gasteiger charge is -2.30. The molecule has 130 valence electrons. The molecule has 1 N–H and O–H groups in total. The molecule has 0 amide bonds. The van der Waals surface area contributed by atoms with Crippen LogP contribution in [-0.4, -0.2) is 34.0 Å². The van der Waals surface area contributed by atoms with Crippen LogP contribution in [0.3, 0.4) is 0 Å². The van der Waals surface area contributed by atoms with Gasteiger partial charge in [-0.25, -0.2) is 4.98 Å². The maximum Gasteiger partial charge on any atom is 0.107 e. The summed E-state index contributed by atoms with van der Waals surface area (Å²) in [4.78, 5) is 13.2. The van der Waals surface area contributed by atoms with Crippen molar-refractivity contribution in [3.8, 4) is 0 Å². The van der Waals surface area contributed by atoms with Crippen LogP contribution in [-0.2, 0) is 13.1 Å². The predicted octanol–water partition coefficient (Wildman–Crippen LogP) is 3.81. The highest BCUT2D eigenvalue weighted by Gasteiger charge is 2.22. The van der Waals surface area contributed by atoms with Crippen molar-refractivity contribution in [2.24, 2.45) is 0 Å². The second-order valence-electron chi connectivity index (χ2n) is 6.87. The summed E-state index contributed by atoms with van der Waals surface area (Å²) in [7, 11) is 0. The number of rotatable bonds is 6. The molecule has 1 unspecified atom stereocenters. The fourth-order valence-electron chi connectivity index (χ4n) is 3.22. The fourth-order valence-corrected chi connectivity index (χ4v) is 4.17. The molecule has 0 aromatic carbocycles. The molecule has 0 saturated carbocycles. The van der Waals surface area contributed by atoms with E-state index in [0.29, 0.717) is 12.0 Å². The quantitative estimate of drug-likeness (QED) is 0.865. The third-order valence-electron chi connectivity index (χ3n) is 4.63. The van der Waals surface area contributed by atoms with Crippen LogP contribution in [0, 0.1) is 0 Å². The van der Waals surface area contributed by atoms with Crippen molar-refractivity contribution in [2.75, 3.05) is 13.1 Å². The number of nitrogens with zero attached hydrogens (tertiary/aromatic N) is 3. The smallest absolute Gasteiger partial charge is 0.107 e. The molecule has 0 radical (unpaired) electrons. The van der Waals surface area contributed by atoms with E-state index in [1.54, 1.807) is 0 Å². The highest BCUT2D eigenvalue weighted by molar-refractivity contribution is 7.11. The Bertz CT molecular complexity index is 603. The summed E-state index contributed by atoms with van der Waals surface area (Å²) in [5, 5.41) is 4.75. The van der Waals surface area contributed by atoms with Gasteiger partial charge in [-0.3, -0.25) is 9.88 Å². The lowest BCUT2D eigenvalue weighted by atomic mass is 10.1. The van der Waals surface area contributed by atoms with Crippen LogP contribution in [0.1, 0.15) is 54.6 Å². The maximum atomic E-state index is 4.68. The van der Waals surface area contributed by atoms with Crippen LogP contribution in [0.25, 0.3) is 0 Å². The van der Waals surface area contributed by atoms with Gasteiger partial charge in [0.05, 0.1) is 12.2 Å². The van der Waals surface area contributed by atoms with Crippen LogP contribution in [0.4, 0.5) is 0 Å². The van der Waals surface area contributed by atoms with Crippen LogP contribution < -0.4 is 5.32 Å². The Morgan fingerprint density at radius 1 is 1.21 bits per heavy atom. The van der Waals surface area contributed by atoms with Gasteiger partial charge in [-0.2, -0.15) is 0 Å². The molecule has 2 aromatic heterocycles. The van der Waals surface area contributed by atoms with E-state index in [2.05, 4.69) is 52.4 Å². The van der Waals surface area contributed by atoms with Crippen LogP contribution >= 0.6 is 11.3 Å². The van der Waals surface area contributed by atoms with Crippen molar-refractivity contribution in [1.82, 2.24) is 20.2 Å². The number of nitrogens with one attached hydrogen (secondary N) is 1. The molecule has 5 heteroatoms. The summed E-state index contributed by atoms with van der Waals surface area (Å²) in [5.74, 6) is 0.558. The number of hydrogen-bond acceptors (Lipinski definition) is 5. The van der Waals surface area contributed by atoms with Crippen molar-refractivity contribution in [2.45, 2.75) is 58.2 Å². The van der Waals surface area contributed by atoms with Crippen molar-refractivity contribution in [3.05, 3.63) is 46.2 Å². The maximum absolute atomic E-state index is 4.68. The molecule has 0 spiro atoms. The lowest BCUT2D eigenvalue weighted by molar-refractivity contribution is 0.162. The van der Waals surface area contributed by atoms with Crippen LogP contribution in [0.2, 0.25) is 0 Å². The van der Waals surface area contributed by atoms with Crippen molar-refractivity contribution >= 4 is 11.3 Å². The molecule has 0 bridgehead atoms. The van der Waals surface area contributed by atoms with Crippen molar-refractivity contribution in [3.63, 3.8) is 0 Å². The Balaban J connectivity index is 1.74. The second-order valence-corrected chi connectivity index (χ2v) is 8.02. The van der Waals surface area contributed by atoms with Gasteiger partial charge in [-0.15, -0.1) is 11.3 Å². The minimum Gasteiger partial charge on any atom is -0.317 e. The van der Waals surface area contributed by atoms with E-state index in [4.69, 9.17) is 0 Å². The zero-order valence-electron chi connectivity index (χ0n) is 14.7. The van der Waals surface area contributed by atoms with Gasteiger partial charge in [0, 0.05) is 29.9 Å². The van der Waals surface area contributed by atoms with Gasteiger partial charge in [0.25, 0.3) is 0 Å². The molecule has 1 saturated heterocycles. The zero-order valence-corrected chi connectivity index (χ0v) is 15.6. The molecule has 1 atom stereocenters. The standard InChI is InChI=1S/C19H28N4S/c1-15(2)18-12-22-19(24-18)14-23(13-16-6-3-4-10-21-16)17-7-5-9-20-11-8-17/h3-4,6,10,12,15,17,20H,5,7-9,11,13-14H2,1-2H3. The topological polar surface area (TPSA) is 41.1 Å². The number of pyridine rings is 1. The van der Waals surface area contributed by atoms with Gasteiger partial charge < -0.3 is 5.32 Å². The Kier molecular flexibility index (Phi) is 6.35. The summed E-state index contributed by atoms with van der Waals surface area (Å²) >= 11 is 1.86. The third-order valence-corrected chi connectivity index (χ3v) is 5.91. The Morgan fingerprint density at radius 3 is 2.88 bits per heavy atom. The second kappa shape index (κ2) is 8.70. The highest BCUT2D eigenvalue weighted by atomic mass is 32.1. The molecule has 4 nitrogen and oxygen atoms in total.